The predicted molar refractivity (Wildman–Crippen MR) is 121 cm³/mol. The van der Waals surface area contributed by atoms with Gasteiger partial charge in [-0.05, 0) is 29.5 Å². The van der Waals surface area contributed by atoms with E-state index in [1.54, 1.807) is 0 Å². The average Bonchev–Trinajstić information content (AvgIpc) is 2.80. The van der Waals surface area contributed by atoms with Crippen LogP contribution in [0.15, 0.2) is 101 Å². The van der Waals surface area contributed by atoms with Crippen LogP contribution in [-0.4, -0.2) is 9.55 Å². The van der Waals surface area contributed by atoms with Gasteiger partial charge in [0.05, 0.1) is 5.69 Å². The van der Waals surface area contributed by atoms with E-state index in [2.05, 4.69) is 17.1 Å². The van der Waals surface area contributed by atoms with Gasteiger partial charge in [0.15, 0.2) is 0 Å². The minimum absolute atomic E-state index is 0.213. The minimum Gasteiger partial charge on any atom is -0.306 e. The number of benzene rings is 3. The van der Waals surface area contributed by atoms with Crippen molar-refractivity contribution in [1.29, 1.82) is 0 Å². The highest BCUT2D eigenvalue weighted by Gasteiger charge is 2.16. The minimum atomic E-state index is -0.358. The maximum Gasteiger partial charge on any atom is 0.328 e. The van der Waals surface area contributed by atoms with Crippen LogP contribution in [0.4, 0.5) is 0 Å². The number of hydrogen-bond acceptors (Lipinski definition) is 2. The quantitative estimate of drug-likeness (QED) is 0.503. The Balaban J connectivity index is 1.70. The van der Waals surface area contributed by atoms with Crippen LogP contribution in [-0.2, 0) is 19.4 Å². The fraction of sp³-hybridized carbons (Fsp3) is 0.154. The van der Waals surface area contributed by atoms with Gasteiger partial charge in [0, 0.05) is 18.5 Å². The molecule has 4 rings (SSSR count). The van der Waals surface area contributed by atoms with Gasteiger partial charge in [-0.3, -0.25) is 9.36 Å². The highest BCUT2D eigenvalue weighted by atomic mass is 16.2. The summed E-state index contributed by atoms with van der Waals surface area (Å²) in [5.41, 5.74) is 3.73. The van der Waals surface area contributed by atoms with Crippen molar-refractivity contribution in [2.45, 2.75) is 25.8 Å². The van der Waals surface area contributed by atoms with Gasteiger partial charge >= 0.3 is 5.69 Å². The summed E-state index contributed by atoms with van der Waals surface area (Å²) < 4.78 is 1.34. The highest BCUT2D eigenvalue weighted by molar-refractivity contribution is 5.62. The largest absolute Gasteiger partial charge is 0.328 e. The number of nitrogens with one attached hydrogen (secondary N) is 1. The first kappa shape index (κ1) is 19.6. The Morgan fingerprint density at radius 1 is 0.700 bits per heavy atom. The van der Waals surface area contributed by atoms with E-state index in [1.165, 1.54) is 10.1 Å². The maximum atomic E-state index is 13.4. The highest BCUT2D eigenvalue weighted by Crippen LogP contribution is 2.20. The lowest BCUT2D eigenvalue weighted by Crippen LogP contribution is -2.38. The van der Waals surface area contributed by atoms with Gasteiger partial charge in [-0.25, -0.2) is 4.79 Å². The Bertz CT molecular complexity index is 1210. The van der Waals surface area contributed by atoms with Crippen LogP contribution >= 0.6 is 0 Å². The molecule has 0 bridgehead atoms. The second kappa shape index (κ2) is 9.23. The lowest BCUT2D eigenvalue weighted by Gasteiger charge is -2.13. The number of aryl methyl sites for hydroxylation is 1. The molecule has 0 fully saturated rings. The molecule has 0 aliphatic heterocycles. The van der Waals surface area contributed by atoms with Crippen molar-refractivity contribution in [2.75, 3.05) is 0 Å². The molecule has 30 heavy (non-hydrogen) atoms. The third-order valence-electron chi connectivity index (χ3n) is 5.26. The monoisotopic (exact) mass is 396 g/mol. The van der Waals surface area contributed by atoms with Gasteiger partial charge in [-0.2, -0.15) is 0 Å². The molecule has 1 N–H and O–H groups in total. The predicted octanol–water partition coefficient (Wildman–Crippen LogP) is 4.43. The van der Waals surface area contributed by atoms with Crippen LogP contribution in [0.25, 0.3) is 11.3 Å². The van der Waals surface area contributed by atoms with Crippen molar-refractivity contribution >= 4 is 0 Å². The first-order chi connectivity index (χ1) is 14.7. The van der Waals surface area contributed by atoms with E-state index in [-0.39, 0.29) is 11.2 Å². The summed E-state index contributed by atoms with van der Waals surface area (Å²) in [6, 6.07) is 29.5. The van der Waals surface area contributed by atoms with Crippen LogP contribution in [0.3, 0.4) is 0 Å². The molecule has 0 saturated heterocycles. The molecule has 0 amide bonds. The molecule has 4 nitrogen and oxygen atoms in total. The van der Waals surface area contributed by atoms with Crippen molar-refractivity contribution < 1.29 is 0 Å². The van der Waals surface area contributed by atoms with Crippen LogP contribution < -0.4 is 11.2 Å². The number of aromatic nitrogens is 2. The van der Waals surface area contributed by atoms with Crippen molar-refractivity contribution in [3.63, 3.8) is 0 Å². The number of aromatic amines is 1. The summed E-state index contributed by atoms with van der Waals surface area (Å²) in [5, 5.41) is 0. The fourth-order valence-electron chi connectivity index (χ4n) is 3.72. The molecule has 0 radical (unpaired) electrons. The molecule has 0 saturated carbocycles. The average molecular weight is 396 g/mol. The summed E-state index contributed by atoms with van der Waals surface area (Å²) in [5.74, 6) is 0. The molecule has 4 aromatic rings. The van der Waals surface area contributed by atoms with Gasteiger partial charge in [0.2, 0.25) is 0 Å². The van der Waals surface area contributed by atoms with Gasteiger partial charge in [0.25, 0.3) is 5.56 Å². The number of nitrogens with zero attached hydrogens (tertiary/aromatic N) is 1. The van der Waals surface area contributed by atoms with Gasteiger partial charge in [-0.1, -0.05) is 91.0 Å². The molecular formula is C26H24N2O2. The first-order valence-corrected chi connectivity index (χ1v) is 10.2. The Kier molecular flexibility index (Phi) is 6.04. The van der Waals surface area contributed by atoms with Crippen molar-refractivity contribution in [3.8, 4) is 11.3 Å². The van der Waals surface area contributed by atoms with Crippen LogP contribution in [0, 0.1) is 0 Å². The second-order valence-corrected chi connectivity index (χ2v) is 7.36. The van der Waals surface area contributed by atoms with E-state index in [1.807, 2.05) is 78.9 Å². The summed E-state index contributed by atoms with van der Waals surface area (Å²) >= 11 is 0. The Hall–Kier alpha value is -3.66. The van der Waals surface area contributed by atoms with Crippen LogP contribution in [0.5, 0.6) is 0 Å². The zero-order valence-electron chi connectivity index (χ0n) is 16.8. The standard InChI is InChI=1S/C26H24N2O2/c29-25-23(19-21-13-6-2-7-14-21)24(22-16-8-3-9-17-22)27-26(30)28(25)18-10-15-20-11-4-1-5-12-20/h1-9,11-14,16-17H,10,15,18-19H2,(H,27,30). The van der Waals surface area contributed by atoms with E-state index in [0.29, 0.717) is 24.2 Å². The van der Waals surface area contributed by atoms with E-state index >= 15 is 0 Å². The molecule has 0 unspecified atom stereocenters. The normalized spacial score (nSPS) is 10.8. The molecule has 0 aliphatic carbocycles. The molecule has 4 heteroatoms. The Morgan fingerprint density at radius 2 is 1.27 bits per heavy atom. The second-order valence-electron chi connectivity index (χ2n) is 7.36. The molecule has 150 valence electrons. The molecule has 0 atom stereocenters. The third kappa shape index (κ3) is 4.49. The van der Waals surface area contributed by atoms with E-state index in [9.17, 15) is 9.59 Å². The summed E-state index contributed by atoms with van der Waals surface area (Å²) in [7, 11) is 0. The van der Waals surface area contributed by atoms with Crippen LogP contribution in [0.1, 0.15) is 23.1 Å². The zero-order chi connectivity index (χ0) is 20.8. The van der Waals surface area contributed by atoms with E-state index in [0.717, 1.165) is 24.0 Å². The topological polar surface area (TPSA) is 54.9 Å². The smallest absolute Gasteiger partial charge is 0.306 e. The van der Waals surface area contributed by atoms with Gasteiger partial charge in [-0.15, -0.1) is 0 Å². The number of H-pyrrole nitrogens is 1. The Morgan fingerprint density at radius 3 is 1.90 bits per heavy atom. The lowest BCUT2D eigenvalue weighted by atomic mass is 10.0. The van der Waals surface area contributed by atoms with Crippen LogP contribution in [0.2, 0.25) is 0 Å². The summed E-state index contributed by atoms with van der Waals surface area (Å²) in [6.07, 6.45) is 2.02. The number of hydrogen-bond donors (Lipinski definition) is 1. The summed E-state index contributed by atoms with van der Waals surface area (Å²) in [6.45, 7) is 0.389. The molecular weight excluding hydrogens is 372 g/mol. The van der Waals surface area contributed by atoms with Crippen molar-refractivity contribution in [2.24, 2.45) is 0 Å². The molecule has 1 heterocycles. The first-order valence-electron chi connectivity index (χ1n) is 10.2. The Labute approximate surface area is 175 Å². The summed E-state index contributed by atoms with van der Waals surface area (Å²) in [4.78, 5) is 29.1. The fourth-order valence-corrected chi connectivity index (χ4v) is 3.72. The molecule has 3 aromatic carbocycles. The van der Waals surface area contributed by atoms with E-state index in [4.69, 9.17) is 0 Å². The third-order valence-corrected chi connectivity index (χ3v) is 5.26. The molecule has 0 aliphatic rings. The molecule has 1 aromatic heterocycles. The number of rotatable bonds is 7. The van der Waals surface area contributed by atoms with Gasteiger partial charge in [0.1, 0.15) is 0 Å². The lowest BCUT2D eigenvalue weighted by molar-refractivity contribution is 0.586. The van der Waals surface area contributed by atoms with E-state index < -0.39 is 0 Å². The maximum absolute atomic E-state index is 13.4. The zero-order valence-corrected chi connectivity index (χ0v) is 16.8. The van der Waals surface area contributed by atoms with Crippen molar-refractivity contribution in [1.82, 2.24) is 9.55 Å². The van der Waals surface area contributed by atoms with Crippen molar-refractivity contribution in [3.05, 3.63) is 129 Å². The SMILES string of the molecule is O=c1[nH]c(-c2ccccc2)c(Cc2ccccc2)c(=O)n1CCCc1ccccc1. The van der Waals surface area contributed by atoms with Gasteiger partial charge < -0.3 is 4.98 Å². The molecule has 0 spiro atoms.